The molecule has 0 amide bonds. The lowest BCUT2D eigenvalue weighted by Gasteiger charge is -2.31. The molecule has 0 saturated heterocycles. The first-order valence-corrected chi connectivity index (χ1v) is 7.43. The van der Waals surface area contributed by atoms with E-state index >= 15 is 0 Å². The standard InChI is InChI=1S/C16H27N3O/c1-4-14(11-20)19-10-13-6-5-12(9-18(2)3)7-15(13)16(19)8-17/h5-7,14,16,20H,4,8-11,17H2,1-3H3. The average Bonchev–Trinajstić information content (AvgIpc) is 2.77. The monoisotopic (exact) mass is 277 g/mol. The Morgan fingerprint density at radius 2 is 2.20 bits per heavy atom. The second kappa shape index (κ2) is 6.68. The first-order valence-electron chi connectivity index (χ1n) is 7.43. The molecule has 3 N–H and O–H groups in total. The summed E-state index contributed by atoms with van der Waals surface area (Å²) in [6.45, 7) is 4.77. The maximum absolute atomic E-state index is 9.56. The number of nitrogens with two attached hydrogens (primary N) is 1. The summed E-state index contributed by atoms with van der Waals surface area (Å²) in [6, 6.07) is 7.16. The zero-order chi connectivity index (χ0) is 14.7. The number of benzene rings is 1. The van der Waals surface area contributed by atoms with E-state index < -0.39 is 0 Å². The summed E-state index contributed by atoms with van der Waals surface area (Å²) in [7, 11) is 4.16. The van der Waals surface area contributed by atoms with Crippen molar-refractivity contribution in [1.29, 1.82) is 0 Å². The highest BCUT2D eigenvalue weighted by molar-refractivity contribution is 5.38. The van der Waals surface area contributed by atoms with Crippen molar-refractivity contribution in [3.05, 3.63) is 34.9 Å². The molecule has 1 aliphatic rings. The van der Waals surface area contributed by atoms with Crippen molar-refractivity contribution in [2.75, 3.05) is 27.2 Å². The molecule has 0 spiro atoms. The van der Waals surface area contributed by atoms with E-state index in [4.69, 9.17) is 5.73 Å². The van der Waals surface area contributed by atoms with Crippen molar-refractivity contribution in [3.63, 3.8) is 0 Å². The van der Waals surface area contributed by atoms with Crippen LogP contribution in [0.2, 0.25) is 0 Å². The van der Waals surface area contributed by atoms with Crippen molar-refractivity contribution in [2.45, 2.75) is 38.5 Å². The molecule has 0 bridgehead atoms. The van der Waals surface area contributed by atoms with Crippen molar-refractivity contribution in [2.24, 2.45) is 5.73 Å². The smallest absolute Gasteiger partial charge is 0.0587 e. The van der Waals surface area contributed by atoms with Gasteiger partial charge in [-0.05, 0) is 37.2 Å². The highest BCUT2D eigenvalue weighted by Gasteiger charge is 2.33. The van der Waals surface area contributed by atoms with Crippen LogP contribution in [0.25, 0.3) is 0 Å². The molecule has 2 atom stereocenters. The average molecular weight is 277 g/mol. The number of aliphatic hydroxyl groups is 1. The van der Waals surface area contributed by atoms with Gasteiger partial charge in [-0.25, -0.2) is 0 Å². The quantitative estimate of drug-likeness (QED) is 0.824. The Morgan fingerprint density at radius 3 is 2.75 bits per heavy atom. The Bertz CT molecular complexity index is 443. The molecule has 20 heavy (non-hydrogen) atoms. The van der Waals surface area contributed by atoms with Gasteiger partial charge in [0, 0.05) is 31.7 Å². The number of hydrogen-bond donors (Lipinski definition) is 2. The van der Waals surface area contributed by atoms with Crippen molar-refractivity contribution in [3.8, 4) is 0 Å². The maximum Gasteiger partial charge on any atom is 0.0587 e. The van der Waals surface area contributed by atoms with Gasteiger partial charge in [0.2, 0.25) is 0 Å². The van der Waals surface area contributed by atoms with Crippen molar-refractivity contribution < 1.29 is 5.11 Å². The maximum atomic E-state index is 9.56. The molecule has 2 unspecified atom stereocenters. The van der Waals surface area contributed by atoms with E-state index in [2.05, 4.69) is 49.0 Å². The second-order valence-corrected chi connectivity index (χ2v) is 5.94. The molecule has 0 aliphatic carbocycles. The van der Waals surface area contributed by atoms with Crippen molar-refractivity contribution >= 4 is 0 Å². The molecule has 0 aromatic heterocycles. The van der Waals surface area contributed by atoms with Crippen LogP contribution in [0.15, 0.2) is 18.2 Å². The summed E-state index contributed by atoms with van der Waals surface area (Å²) in [6.07, 6.45) is 0.950. The lowest BCUT2D eigenvalue weighted by atomic mass is 10.0. The van der Waals surface area contributed by atoms with Gasteiger partial charge in [0.1, 0.15) is 0 Å². The molecule has 0 radical (unpaired) electrons. The largest absolute Gasteiger partial charge is 0.395 e. The summed E-state index contributed by atoms with van der Waals surface area (Å²) in [4.78, 5) is 4.53. The van der Waals surface area contributed by atoms with Gasteiger partial charge in [0.05, 0.1) is 6.61 Å². The Balaban J connectivity index is 2.26. The van der Waals surface area contributed by atoms with Crippen LogP contribution in [0, 0.1) is 0 Å². The summed E-state index contributed by atoms with van der Waals surface area (Å²) in [5.74, 6) is 0. The van der Waals surface area contributed by atoms with Crippen LogP contribution >= 0.6 is 0 Å². The molecular weight excluding hydrogens is 250 g/mol. The SMILES string of the molecule is CCC(CO)N1Cc2ccc(CN(C)C)cc2C1CN. The van der Waals surface area contributed by atoms with E-state index in [1.165, 1.54) is 16.7 Å². The number of rotatable bonds is 6. The van der Waals surface area contributed by atoms with Crippen LogP contribution in [-0.4, -0.2) is 48.2 Å². The molecule has 4 nitrogen and oxygen atoms in total. The fourth-order valence-corrected chi connectivity index (χ4v) is 3.16. The van der Waals surface area contributed by atoms with Crippen LogP contribution < -0.4 is 5.73 Å². The molecule has 0 fully saturated rings. The van der Waals surface area contributed by atoms with E-state index in [0.29, 0.717) is 6.54 Å². The fourth-order valence-electron chi connectivity index (χ4n) is 3.16. The summed E-state index contributed by atoms with van der Waals surface area (Å²) >= 11 is 0. The van der Waals surface area contributed by atoms with Crippen LogP contribution in [0.4, 0.5) is 0 Å². The zero-order valence-electron chi connectivity index (χ0n) is 12.8. The molecule has 1 aliphatic heterocycles. The summed E-state index contributed by atoms with van der Waals surface area (Å²) in [5.41, 5.74) is 10.0. The van der Waals surface area contributed by atoms with E-state index in [1.54, 1.807) is 0 Å². The molecule has 1 aromatic rings. The highest BCUT2D eigenvalue weighted by Crippen LogP contribution is 2.35. The third-order valence-electron chi connectivity index (χ3n) is 4.20. The number of aliphatic hydroxyl groups excluding tert-OH is 1. The minimum Gasteiger partial charge on any atom is -0.395 e. The third kappa shape index (κ3) is 3.04. The van der Waals surface area contributed by atoms with E-state index in [9.17, 15) is 5.11 Å². The molecule has 1 aromatic carbocycles. The number of hydrogen-bond acceptors (Lipinski definition) is 4. The molecule has 2 rings (SSSR count). The van der Waals surface area contributed by atoms with Gasteiger partial charge in [-0.15, -0.1) is 0 Å². The minimum atomic E-state index is 0.200. The van der Waals surface area contributed by atoms with Gasteiger partial charge in [-0.3, -0.25) is 4.90 Å². The van der Waals surface area contributed by atoms with Gasteiger partial charge in [0.25, 0.3) is 0 Å². The fraction of sp³-hybridized carbons (Fsp3) is 0.625. The van der Waals surface area contributed by atoms with Crippen LogP contribution in [0.5, 0.6) is 0 Å². The Labute approximate surface area is 122 Å². The summed E-state index contributed by atoms with van der Waals surface area (Å²) < 4.78 is 0. The van der Waals surface area contributed by atoms with Gasteiger partial charge < -0.3 is 15.7 Å². The molecule has 0 saturated carbocycles. The molecule has 4 heteroatoms. The minimum absolute atomic E-state index is 0.200. The normalized spacial score (nSPS) is 20.4. The van der Waals surface area contributed by atoms with Crippen molar-refractivity contribution in [1.82, 2.24) is 9.80 Å². The highest BCUT2D eigenvalue weighted by atomic mass is 16.3. The van der Waals surface area contributed by atoms with Gasteiger partial charge in [-0.1, -0.05) is 25.1 Å². The predicted molar refractivity (Wildman–Crippen MR) is 82.3 cm³/mol. The predicted octanol–water partition coefficient (Wildman–Crippen LogP) is 1.33. The van der Waals surface area contributed by atoms with Gasteiger partial charge in [-0.2, -0.15) is 0 Å². The number of fused-ring (bicyclic) bond motifs is 1. The Morgan fingerprint density at radius 1 is 1.45 bits per heavy atom. The third-order valence-corrected chi connectivity index (χ3v) is 4.20. The molecule has 112 valence electrons. The lowest BCUT2D eigenvalue weighted by Crippen LogP contribution is -2.38. The van der Waals surface area contributed by atoms with Crippen LogP contribution in [-0.2, 0) is 13.1 Å². The molecule has 1 heterocycles. The van der Waals surface area contributed by atoms with Crippen LogP contribution in [0.3, 0.4) is 0 Å². The lowest BCUT2D eigenvalue weighted by molar-refractivity contribution is 0.0894. The topological polar surface area (TPSA) is 52.7 Å². The Hall–Kier alpha value is -0.940. The Kier molecular flexibility index (Phi) is 5.16. The van der Waals surface area contributed by atoms with Crippen LogP contribution in [0.1, 0.15) is 36.1 Å². The summed E-state index contributed by atoms with van der Waals surface area (Å²) in [5, 5.41) is 9.56. The zero-order valence-corrected chi connectivity index (χ0v) is 12.8. The second-order valence-electron chi connectivity index (χ2n) is 5.94. The van der Waals surface area contributed by atoms with Gasteiger partial charge >= 0.3 is 0 Å². The molecular formula is C16H27N3O. The first kappa shape index (κ1) is 15.4. The van der Waals surface area contributed by atoms with Gasteiger partial charge in [0.15, 0.2) is 0 Å². The van der Waals surface area contributed by atoms with E-state index in [1.807, 2.05) is 0 Å². The first-order chi connectivity index (χ1) is 9.60. The van der Waals surface area contributed by atoms with E-state index in [-0.39, 0.29) is 18.7 Å². The number of nitrogens with zero attached hydrogens (tertiary/aromatic N) is 2. The van der Waals surface area contributed by atoms with E-state index in [0.717, 1.165) is 19.5 Å².